The lowest BCUT2D eigenvalue weighted by atomic mass is 9.53. The largest absolute Gasteiger partial charge is 0.506 e. The van der Waals surface area contributed by atoms with Gasteiger partial charge in [-0.05, 0) is 78.7 Å². The van der Waals surface area contributed by atoms with Gasteiger partial charge in [-0.2, -0.15) is 0 Å². The molecule has 27 heavy (non-hydrogen) atoms. The maximum Gasteiger partial charge on any atom is 0.193 e. The molecule has 5 aliphatic carbocycles. The topological polar surface area (TPSA) is 68.1 Å². The lowest BCUT2D eigenvalue weighted by Crippen LogP contribution is -2.60. The standard InChI is InChI=1S/C23H25N3O/c24-22(26-23-10-13-6-14(11-23)8-15(7-13)12-23)25-21-18-5-4-16-2-1-3-17(20(16)18)9-19(21)27/h1-5,9,13-15,27H,6-8,10-12H2,(H3,24,25,26). The van der Waals surface area contributed by atoms with Crippen molar-refractivity contribution in [3.63, 3.8) is 0 Å². The fraction of sp³-hybridized carbons (Fsp3) is 0.435. The molecule has 4 nitrogen and oxygen atoms in total. The molecule has 0 aromatic heterocycles. The van der Waals surface area contributed by atoms with Crippen LogP contribution in [0.2, 0.25) is 0 Å². The number of phenols is 1. The van der Waals surface area contributed by atoms with Gasteiger partial charge in [0.2, 0.25) is 0 Å². The highest BCUT2D eigenvalue weighted by atomic mass is 16.3. The number of aromatic hydroxyl groups is 1. The van der Waals surface area contributed by atoms with Crippen LogP contribution in [0.3, 0.4) is 0 Å². The third kappa shape index (κ3) is 2.32. The van der Waals surface area contributed by atoms with Crippen LogP contribution in [0.15, 0.2) is 24.3 Å². The molecule has 138 valence electrons. The molecular formula is C23H25N3O. The average molecular weight is 359 g/mol. The number of guanidine groups is 1. The second-order valence-electron chi connectivity index (χ2n) is 9.29. The SMILES string of the molecule is N=C(Nc1c(O)cc2cccc3c2c1C=C3)NC12CC3CC(CC(C3)C1)C2. The Kier molecular flexibility index (Phi) is 3.04. The van der Waals surface area contributed by atoms with Gasteiger partial charge in [0.25, 0.3) is 0 Å². The van der Waals surface area contributed by atoms with E-state index in [0.29, 0.717) is 11.6 Å². The molecule has 4 saturated carbocycles. The zero-order chi connectivity index (χ0) is 18.2. The quantitative estimate of drug-likeness (QED) is 0.298. The smallest absolute Gasteiger partial charge is 0.193 e. The van der Waals surface area contributed by atoms with Gasteiger partial charge >= 0.3 is 0 Å². The van der Waals surface area contributed by atoms with Gasteiger partial charge in [0.05, 0.1) is 5.69 Å². The van der Waals surface area contributed by atoms with Crippen molar-refractivity contribution in [1.29, 1.82) is 5.41 Å². The van der Waals surface area contributed by atoms with E-state index in [9.17, 15) is 5.11 Å². The fourth-order valence-electron chi connectivity index (χ4n) is 6.80. The highest BCUT2D eigenvalue weighted by Crippen LogP contribution is 2.55. The Morgan fingerprint density at radius 1 is 1.04 bits per heavy atom. The molecule has 4 bridgehead atoms. The number of nitrogens with one attached hydrogen (secondary N) is 3. The second kappa shape index (κ2) is 5.28. The molecule has 0 spiro atoms. The first kappa shape index (κ1) is 15.6. The summed E-state index contributed by atoms with van der Waals surface area (Å²) in [6.45, 7) is 0. The Hall–Kier alpha value is -2.49. The van der Waals surface area contributed by atoms with Crippen molar-refractivity contribution in [3.8, 4) is 5.75 Å². The minimum absolute atomic E-state index is 0.0899. The molecule has 7 rings (SSSR count). The molecule has 0 atom stereocenters. The van der Waals surface area contributed by atoms with Crippen molar-refractivity contribution in [2.24, 2.45) is 17.8 Å². The molecule has 0 unspecified atom stereocenters. The zero-order valence-corrected chi connectivity index (χ0v) is 15.4. The van der Waals surface area contributed by atoms with Crippen molar-refractivity contribution in [2.45, 2.75) is 44.1 Å². The van der Waals surface area contributed by atoms with E-state index in [2.05, 4.69) is 22.8 Å². The second-order valence-corrected chi connectivity index (χ2v) is 9.29. The van der Waals surface area contributed by atoms with Crippen LogP contribution in [-0.4, -0.2) is 16.6 Å². The Bertz CT molecular complexity index is 971. The Balaban J connectivity index is 1.30. The van der Waals surface area contributed by atoms with Crippen molar-refractivity contribution < 1.29 is 5.11 Å². The molecular weight excluding hydrogens is 334 g/mol. The molecule has 0 saturated heterocycles. The lowest BCUT2D eigenvalue weighted by Gasteiger charge is -2.57. The maximum absolute atomic E-state index is 10.6. The van der Waals surface area contributed by atoms with E-state index in [1.165, 1.54) is 44.1 Å². The minimum Gasteiger partial charge on any atom is -0.506 e. The summed E-state index contributed by atoms with van der Waals surface area (Å²) < 4.78 is 0. The summed E-state index contributed by atoms with van der Waals surface area (Å²) in [5, 5.41) is 28.1. The number of phenolic OH excluding ortho intramolecular Hbond substituents is 1. The van der Waals surface area contributed by atoms with Crippen LogP contribution in [0.1, 0.15) is 49.7 Å². The van der Waals surface area contributed by atoms with Gasteiger partial charge in [-0.25, -0.2) is 0 Å². The summed E-state index contributed by atoms with van der Waals surface area (Å²) in [4.78, 5) is 0. The summed E-state index contributed by atoms with van der Waals surface area (Å²) >= 11 is 0. The number of anilines is 1. The average Bonchev–Trinajstić information content (AvgIpc) is 3.02. The van der Waals surface area contributed by atoms with Crippen molar-refractivity contribution >= 4 is 34.6 Å². The van der Waals surface area contributed by atoms with E-state index in [-0.39, 0.29) is 11.3 Å². The summed E-state index contributed by atoms with van der Waals surface area (Å²) in [5.74, 6) is 3.05. The molecule has 0 amide bonds. The summed E-state index contributed by atoms with van der Waals surface area (Å²) in [7, 11) is 0. The molecule has 4 heteroatoms. The molecule has 4 fully saturated rings. The van der Waals surface area contributed by atoms with E-state index < -0.39 is 0 Å². The van der Waals surface area contributed by atoms with Crippen LogP contribution in [0, 0.1) is 23.2 Å². The zero-order valence-electron chi connectivity index (χ0n) is 15.4. The number of hydrogen-bond donors (Lipinski definition) is 4. The first-order valence-corrected chi connectivity index (χ1v) is 10.2. The van der Waals surface area contributed by atoms with Crippen LogP contribution < -0.4 is 10.6 Å². The van der Waals surface area contributed by atoms with E-state index in [1.807, 2.05) is 18.2 Å². The normalized spacial score (nSPS) is 32.2. The molecule has 0 radical (unpaired) electrons. The Labute approximate surface area is 159 Å². The monoisotopic (exact) mass is 359 g/mol. The predicted molar refractivity (Wildman–Crippen MR) is 110 cm³/mol. The van der Waals surface area contributed by atoms with E-state index in [0.717, 1.165) is 34.1 Å². The third-order valence-electron chi connectivity index (χ3n) is 7.32. The summed E-state index contributed by atoms with van der Waals surface area (Å²) in [6.07, 6.45) is 11.9. The van der Waals surface area contributed by atoms with Crippen molar-refractivity contribution in [2.75, 3.05) is 5.32 Å². The summed E-state index contributed by atoms with van der Waals surface area (Å²) in [6, 6.07) is 7.93. The fourth-order valence-corrected chi connectivity index (χ4v) is 6.80. The lowest BCUT2D eigenvalue weighted by molar-refractivity contribution is -0.0101. The van der Waals surface area contributed by atoms with Gasteiger partial charge in [-0.3, -0.25) is 5.41 Å². The van der Waals surface area contributed by atoms with Crippen LogP contribution >= 0.6 is 0 Å². The van der Waals surface area contributed by atoms with Gasteiger partial charge in [-0.15, -0.1) is 0 Å². The van der Waals surface area contributed by atoms with Gasteiger partial charge in [-0.1, -0.05) is 30.4 Å². The number of hydrogen-bond acceptors (Lipinski definition) is 2. The van der Waals surface area contributed by atoms with Crippen LogP contribution in [-0.2, 0) is 0 Å². The molecule has 0 heterocycles. The molecule has 2 aromatic rings. The van der Waals surface area contributed by atoms with Crippen molar-refractivity contribution in [3.05, 3.63) is 35.4 Å². The highest BCUT2D eigenvalue weighted by molar-refractivity contribution is 6.11. The first-order chi connectivity index (χ1) is 13.1. The van der Waals surface area contributed by atoms with Gasteiger partial charge in [0.15, 0.2) is 5.96 Å². The Morgan fingerprint density at radius 2 is 1.74 bits per heavy atom. The minimum atomic E-state index is 0.0899. The summed E-state index contributed by atoms with van der Waals surface area (Å²) in [5.41, 5.74) is 2.89. The Morgan fingerprint density at radius 3 is 2.44 bits per heavy atom. The maximum atomic E-state index is 10.6. The van der Waals surface area contributed by atoms with Gasteiger partial charge < -0.3 is 15.7 Å². The third-order valence-corrected chi connectivity index (χ3v) is 7.32. The van der Waals surface area contributed by atoms with Crippen LogP contribution in [0.25, 0.3) is 22.9 Å². The van der Waals surface area contributed by atoms with E-state index >= 15 is 0 Å². The van der Waals surface area contributed by atoms with E-state index in [4.69, 9.17) is 5.41 Å². The van der Waals surface area contributed by atoms with Crippen LogP contribution in [0.5, 0.6) is 5.75 Å². The van der Waals surface area contributed by atoms with Gasteiger partial charge in [0, 0.05) is 11.1 Å². The first-order valence-electron chi connectivity index (χ1n) is 10.2. The molecule has 0 aliphatic heterocycles. The van der Waals surface area contributed by atoms with Crippen molar-refractivity contribution in [1.82, 2.24) is 5.32 Å². The number of rotatable bonds is 2. The number of benzene rings is 2. The van der Waals surface area contributed by atoms with Gasteiger partial charge in [0.1, 0.15) is 5.75 Å². The van der Waals surface area contributed by atoms with Crippen LogP contribution in [0.4, 0.5) is 5.69 Å². The van der Waals surface area contributed by atoms with E-state index in [1.54, 1.807) is 6.07 Å². The predicted octanol–water partition coefficient (Wildman–Crippen LogP) is 4.93. The molecule has 5 aliphatic rings. The highest BCUT2D eigenvalue weighted by Gasteiger charge is 2.51. The molecule has 4 N–H and O–H groups in total. The molecule has 2 aromatic carbocycles.